The minimum absolute atomic E-state index is 0.184. The Labute approximate surface area is 178 Å². The first-order valence-electron chi connectivity index (χ1n) is 9.01. The van der Waals surface area contributed by atoms with Gasteiger partial charge in [-0.3, -0.25) is 4.79 Å². The van der Waals surface area contributed by atoms with Gasteiger partial charge in [-0.05, 0) is 36.2 Å². The number of nitrogens with zero attached hydrogens (tertiary/aromatic N) is 1. The largest absolute Gasteiger partial charge is 0.488 e. The van der Waals surface area contributed by atoms with Gasteiger partial charge in [0.1, 0.15) is 18.2 Å². The van der Waals surface area contributed by atoms with E-state index in [1.54, 1.807) is 23.5 Å². The molecule has 0 spiro atoms. The van der Waals surface area contributed by atoms with E-state index < -0.39 is 5.82 Å². The van der Waals surface area contributed by atoms with Gasteiger partial charge in [-0.15, -0.1) is 11.3 Å². The van der Waals surface area contributed by atoms with Crippen molar-refractivity contribution in [3.63, 3.8) is 0 Å². The summed E-state index contributed by atoms with van der Waals surface area (Å²) in [5, 5.41) is 6.17. The molecular formula is C22H20ClFN2O2S. The second-order valence-electron chi connectivity index (χ2n) is 6.65. The fourth-order valence-electron chi connectivity index (χ4n) is 2.51. The maximum atomic E-state index is 13.2. The number of halogens is 2. The van der Waals surface area contributed by atoms with Crippen LogP contribution in [0.15, 0.2) is 59.0 Å². The highest BCUT2D eigenvalue weighted by molar-refractivity contribution is 7.10. The van der Waals surface area contributed by atoms with Gasteiger partial charge in [0.25, 0.3) is 5.91 Å². The Balaban J connectivity index is 1.64. The van der Waals surface area contributed by atoms with Crippen molar-refractivity contribution >= 4 is 35.1 Å². The van der Waals surface area contributed by atoms with E-state index in [4.69, 9.17) is 16.3 Å². The fraction of sp³-hybridized carbons (Fsp3) is 0.182. The zero-order valence-corrected chi connectivity index (χ0v) is 17.6. The van der Waals surface area contributed by atoms with Gasteiger partial charge in [0.2, 0.25) is 0 Å². The number of carbonyl (C=O) groups excluding carboxylic acids is 1. The first-order chi connectivity index (χ1) is 13.9. The lowest BCUT2D eigenvalue weighted by atomic mass is 10.1. The Kier molecular flexibility index (Phi) is 7.01. The van der Waals surface area contributed by atoms with Crippen LogP contribution in [0.25, 0.3) is 0 Å². The molecule has 0 unspecified atom stereocenters. The van der Waals surface area contributed by atoms with Gasteiger partial charge in [0, 0.05) is 21.4 Å². The molecule has 0 aliphatic rings. The maximum absolute atomic E-state index is 13.2. The van der Waals surface area contributed by atoms with Crippen molar-refractivity contribution in [2.75, 3.05) is 0 Å². The quantitative estimate of drug-likeness (QED) is 0.368. The first-order valence-corrected chi connectivity index (χ1v) is 10.3. The van der Waals surface area contributed by atoms with Crippen molar-refractivity contribution in [3.8, 4) is 5.75 Å². The van der Waals surface area contributed by atoms with E-state index in [1.165, 1.54) is 18.3 Å². The number of thiophene rings is 1. The summed E-state index contributed by atoms with van der Waals surface area (Å²) in [6, 6.07) is 13.3. The van der Waals surface area contributed by atoms with Crippen LogP contribution in [0, 0.1) is 5.82 Å². The summed E-state index contributed by atoms with van der Waals surface area (Å²) in [5.41, 5.74) is 4.49. The number of carbonyl (C=O) groups is 1. The van der Waals surface area contributed by atoms with Crippen LogP contribution in [0.2, 0.25) is 5.02 Å². The van der Waals surface area contributed by atoms with Crippen LogP contribution in [-0.4, -0.2) is 12.1 Å². The third-order valence-electron chi connectivity index (χ3n) is 4.14. The number of rotatable bonds is 7. The Morgan fingerprint density at radius 1 is 1.28 bits per heavy atom. The summed E-state index contributed by atoms with van der Waals surface area (Å²) < 4.78 is 19.0. The van der Waals surface area contributed by atoms with Gasteiger partial charge >= 0.3 is 0 Å². The van der Waals surface area contributed by atoms with Crippen molar-refractivity contribution in [2.24, 2.45) is 5.10 Å². The second-order valence-corrected chi connectivity index (χ2v) is 8.00. The third kappa shape index (κ3) is 5.65. The maximum Gasteiger partial charge on any atom is 0.272 e. The molecule has 0 saturated carbocycles. The van der Waals surface area contributed by atoms with Crippen LogP contribution < -0.4 is 10.2 Å². The zero-order valence-electron chi connectivity index (χ0n) is 16.0. The molecule has 1 aromatic heterocycles. The van der Waals surface area contributed by atoms with E-state index in [9.17, 15) is 9.18 Å². The lowest BCUT2D eigenvalue weighted by Gasteiger charge is -2.10. The molecule has 150 valence electrons. The van der Waals surface area contributed by atoms with Crippen LogP contribution in [-0.2, 0) is 6.61 Å². The number of para-hydroxylation sites is 1. The molecule has 29 heavy (non-hydrogen) atoms. The number of nitrogens with one attached hydrogen (secondary N) is 1. The van der Waals surface area contributed by atoms with Crippen LogP contribution in [0.4, 0.5) is 4.39 Å². The van der Waals surface area contributed by atoms with E-state index in [1.807, 2.05) is 29.6 Å². The van der Waals surface area contributed by atoms with Gasteiger partial charge < -0.3 is 4.74 Å². The van der Waals surface area contributed by atoms with Crippen LogP contribution in [0.5, 0.6) is 5.75 Å². The van der Waals surface area contributed by atoms with Crippen molar-refractivity contribution in [3.05, 3.63) is 86.3 Å². The molecule has 0 aliphatic carbocycles. The summed E-state index contributed by atoms with van der Waals surface area (Å²) in [4.78, 5) is 13.4. The molecule has 0 saturated heterocycles. The monoisotopic (exact) mass is 430 g/mol. The van der Waals surface area contributed by atoms with Crippen molar-refractivity contribution in [2.45, 2.75) is 26.4 Å². The molecule has 3 aromatic rings. The lowest BCUT2D eigenvalue weighted by molar-refractivity contribution is 0.0955. The number of ether oxygens (including phenoxy) is 1. The van der Waals surface area contributed by atoms with E-state index in [0.29, 0.717) is 33.4 Å². The zero-order chi connectivity index (χ0) is 20.8. The predicted molar refractivity (Wildman–Crippen MR) is 116 cm³/mol. The molecule has 4 nitrogen and oxygen atoms in total. The molecule has 0 bridgehead atoms. The molecule has 0 fully saturated rings. The Hall–Kier alpha value is -2.70. The molecule has 0 atom stereocenters. The van der Waals surface area contributed by atoms with Gasteiger partial charge in [-0.1, -0.05) is 43.6 Å². The highest BCUT2D eigenvalue weighted by Gasteiger charge is 2.10. The van der Waals surface area contributed by atoms with Gasteiger partial charge in [0.15, 0.2) is 0 Å². The number of benzene rings is 2. The van der Waals surface area contributed by atoms with Crippen molar-refractivity contribution in [1.82, 2.24) is 5.43 Å². The molecule has 0 radical (unpaired) electrons. The van der Waals surface area contributed by atoms with E-state index >= 15 is 0 Å². The SMILES string of the molecule is CC(C)c1cc(C(=O)N/N=C\c2ccccc2OCc2ccc(F)cc2Cl)cs1. The summed E-state index contributed by atoms with van der Waals surface area (Å²) in [5.74, 6) is 0.293. The minimum Gasteiger partial charge on any atom is -0.488 e. The van der Waals surface area contributed by atoms with Gasteiger partial charge in [0.05, 0.1) is 16.8 Å². The smallest absolute Gasteiger partial charge is 0.272 e. The molecule has 0 aliphatic heterocycles. The summed E-state index contributed by atoms with van der Waals surface area (Å²) in [6.45, 7) is 4.35. The topological polar surface area (TPSA) is 50.7 Å². The first kappa shape index (κ1) is 21.0. The molecule has 3 rings (SSSR count). The summed E-state index contributed by atoms with van der Waals surface area (Å²) in [6.07, 6.45) is 1.52. The average molecular weight is 431 g/mol. The highest BCUT2D eigenvalue weighted by Crippen LogP contribution is 2.23. The van der Waals surface area contributed by atoms with Gasteiger partial charge in [-0.2, -0.15) is 5.10 Å². The van der Waals surface area contributed by atoms with E-state index in [0.717, 1.165) is 4.88 Å². The normalized spacial score (nSPS) is 11.2. The van der Waals surface area contributed by atoms with Crippen molar-refractivity contribution < 1.29 is 13.9 Å². The van der Waals surface area contributed by atoms with E-state index in [-0.39, 0.29) is 12.5 Å². The number of hydrogen-bond donors (Lipinski definition) is 1. The molecule has 7 heteroatoms. The van der Waals surface area contributed by atoms with Crippen LogP contribution in [0.3, 0.4) is 0 Å². The second kappa shape index (κ2) is 9.67. The van der Waals surface area contributed by atoms with E-state index in [2.05, 4.69) is 24.4 Å². The summed E-state index contributed by atoms with van der Waals surface area (Å²) in [7, 11) is 0. The Morgan fingerprint density at radius 2 is 2.07 bits per heavy atom. The molecule has 2 aromatic carbocycles. The lowest BCUT2D eigenvalue weighted by Crippen LogP contribution is -2.16. The van der Waals surface area contributed by atoms with Crippen LogP contribution >= 0.6 is 22.9 Å². The predicted octanol–water partition coefficient (Wildman–Crippen LogP) is 6.01. The van der Waals surface area contributed by atoms with Gasteiger partial charge in [-0.25, -0.2) is 9.82 Å². The van der Waals surface area contributed by atoms with Crippen LogP contribution in [0.1, 0.15) is 46.1 Å². The fourth-order valence-corrected chi connectivity index (χ4v) is 3.64. The minimum atomic E-state index is -0.395. The standard InChI is InChI=1S/C22H20ClFN2O2S/c1-14(2)21-9-17(13-29-21)22(27)26-25-11-15-5-3-4-6-20(15)28-12-16-7-8-18(24)10-19(16)23/h3-11,13-14H,12H2,1-2H3,(H,26,27)/b25-11-. The molecule has 1 N–H and O–H groups in total. The molecule has 1 amide bonds. The summed E-state index contributed by atoms with van der Waals surface area (Å²) >= 11 is 7.60. The molecular weight excluding hydrogens is 411 g/mol. The number of amides is 1. The number of hydrazone groups is 1. The highest BCUT2D eigenvalue weighted by atomic mass is 35.5. The Bertz CT molecular complexity index is 1030. The number of hydrogen-bond acceptors (Lipinski definition) is 4. The third-order valence-corrected chi connectivity index (χ3v) is 5.72. The van der Waals surface area contributed by atoms with Crippen molar-refractivity contribution in [1.29, 1.82) is 0 Å². The average Bonchev–Trinajstić information content (AvgIpc) is 3.19. The molecule has 1 heterocycles. The Morgan fingerprint density at radius 3 is 2.79 bits per heavy atom.